The summed E-state index contributed by atoms with van der Waals surface area (Å²) in [4.78, 5) is 22.7. The molecule has 25 heavy (non-hydrogen) atoms. The highest BCUT2D eigenvalue weighted by Gasteiger charge is 2.27. The number of benzene rings is 1. The second-order valence-electron chi connectivity index (χ2n) is 5.18. The van der Waals surface area contributed by atoms with Gasteiger partial charge in [0.05, 0.1) is 11.9 Å². The van der Waals surface area contributed by atoms with Crippen molar-refractivity contribution >= 4 is 11.9 Å². The molecule has 0 saturated heterocycles. The highest BCUT2D eigenvalue weighted by Crippen LogP contribution is 2.12. The number of aromatic nitrogens is 2. The summed E-state index contributed by atoms with van der Waals surface area (Å²) in [6.45, 7) is -2.19. The van der Waals surface area contributed by atoms with E-state index in [0.717, 1.165) is 11.3 Å². The molecule has 2 aromatic rings. The van der Waals surface area contributed by atoms with Crippen molar-refractivity contribution in [1.82, 2.24) is 15.1 Å². The quantitative estimate of drug-likeness (QED) is 0.772. The molecule has 1 amide bonds. The summed E-state index contributed by atoms with van der Waals surface area (Å²) >= 11 is 0. The minimum Gasteiger partial charge on any atom is -0.456 e. The Hall–Kier alpha value is -2.84. The molecule has 9 heteroatoms. The molecule has 1 aromatic heterocycles. The van der Waals surface area contributed by atoms with E-state index in [9.17, 15) is 22.8 Å². The third kappa shape index (κ3) is 6.66. The Morgan fingerprint density at radius 2 is 1.92 bits per heavy atom. The van der Waals surface area contributed by atoms with E-state index in [4.69, 9.17) is 0 Å². The first kappa shape index (κ1) is 18.5. The number of nitrogens with one attached hydrogen (secondary N) is 1. The largest absolute Gasteiger partial charge is 0.456 e. The van der Waals surface area contributed by atoms with Gasteiger partial charge in [0.25, 0.3) is 5.91 Å². The molecule has 0 radical (unpaired) electrons. The number of carbonyl (C=O) groups is 2. The monoisotopic (exact) mass is 355 g/mol. The lowest BCUT2D eigenvalue weighted by atomic mass is 10.2. The number of ether oxygens (including phenoxy) is 1. The zero-order chi connectivity index (χ0) is 18.3. The molecule has 134 valence electrons. The number of nitrogens with zero attached hydrogens (tertiary/aromatic N) is 2. The number of hydrogen-bond donors (Lipinski definition) is 1. The summed E-state index contributed by atoms with van der Waals surface area (Å²) in [5.74, 6) is -1.67. The van der Waals surface area contributed by atoms with Gasteiger partial charge >= 0.3 is 12.1 Å². The molecule has 0 saturated carbocycles. The van der Waals surface area contributed by atoms with Gasteiger partial charge in [-0.3, -0.25) is 9.59 Å². The van der Waals surface area contributed by atoms with E-state index in [1.54, 1.807) is 22.4 Å². The third-order valence-corrected chi connectivity index (χ3v) is 3.12. The first-order valence-electron chi connectivity index (χ1n) is 7.41. The topological polar surface area (TPSA) is 73.2 Å². The fourth-order valence-corrected chi connectivity index (χ4v) is 1.93. The predicted octanol–water partition coefficient (Wildman–Crippen LogP) is 2.03. The highest BCUT2D eigenvalue weighted by atomic mass is 19.4. The van der Waals surface area contributed by atoms with Gasteiger partial charge in [-0.15, -0.1) is 0 Å². The third-order valence-electron chi connectivity index (χ3n) is 3.12. The summed E-state index contributed by atoms with van der Waals surface area (Å²) in [6, 6.07) is 9.39. The van der Waals surface area contributed by atoms with Crippen LogP contribution >= 0.6 is 0 Å². The molecule has 0 atom stereocenters. The molecule has 0 spiro atoms. The Labute approximate surface area is 141 Å². The van der Waals surface area contributed by atoms with E-state index < -0.39 is 31.2 Å². The molecule has 1 N–H and O–H groups in total. The Morgan fingerprint density at radius 1 is 1.20 bits per heavy atom. The van der Waals surface area contributed by atoms with E-state index in [0.29, 0.717) is 6.42 Å². The van der Waals surface area contributed by atoms with Crippen molar-refractivity contribution in [3.8, 4) is 5.69 Å². The number of para-hydroxylation sites is 1. The van der Waals surface area contributed by atoms with Crippen molar-refractivity contribution < 1.29 is 27.5 Å². The van der Waals surface area contributed by atoms with E-state index in [1.807, 2.05) is 30.3 Å². The maximum atomic E-state index is 11.9. The van der Waals surface area contributed by atoms with E-state index in [-0.39, 0.29) is 6.42 Å². The Kier molecular flexibility index (Phi) is 6.15. The summed E-state index contributed by atoms with van der Waals surface area (Å²) in [5.41, 5.74) is 1.67. The fraction of sp³-hybridized carbons (Fsp3) is 0.312. The van der Waals surface area contributed by atoms with E-state index in [1.165, 1.54) is 0 Å². The van der Waals surface area contributed by atoms with E-state index in [2.05, 4.69) is 9.84 Å². The molecule has 2 rings (SSSR count). The van der Waals surface area contributed by atoms with Crippen molar-refractivity contribution in [2.75, 3.05) is 13.2 Å². The molecular formula is C16H16F3N3O3. The van der Waals surface area contributed by atoms with Gasteiger partial charge in [0.1, 0.15) is 6.54 Å². The van der Waals surface area contributed by atoms with Gasteiger partial charge in [-0.05, 0) is 24.1 Å². The van der Waals surface area contributed by atoms with Crippen LogP contribution in [0.2, 0.25) is 0 Å². The summed E-state index contributed by atoms with van der Waals surface area (Å²) in [7, 11) is 0. The summed E-state index contributed by atoms with van der Waals surface area (Å²) < 4.78 is 42.0. The normalized spacial score (nSPS) is 11.2. The van der Waals surface area contributed by atoms with E-state index >= 15 is 0 Å². The SMILES string of the molecule is O=C(COC(=O)CCc1cnn(-c2ccccc2)c1)NCC(F)(F)F. The number of alkyl halides is 3. The fourth-order valence-electron chi connectivity index (χ4n) is 1.93. The molecule has 0 unspecified atom stereocenters. The standard InChI is InChI=1S/C16H16F3N3O3/c17-16(18,19)11-20-14(23)10-25-15(24)7-6-12-8-21-22(9-12)13-4-2-1-3-5-13/h1-5,8-9H,6-7,10-11H2,(H,20,23). The molecule has 0 bridgehead atoms. The minimum absolute atomic E-state index is 0.00691. The average Bonchev–Trinajstić information content (AvgIpc) is 3.05. The van der Waals surface area contributed by atoms with Crippen molar-refractivity contribution in [1.29, 1.82) is 0 Å². The van der Waals surface area contributed by atoms with Crippen LogP contribution in [-0.2, 0) is 20.7 Å². The van der Waals surface area contributed by atoms with Crippen molar-refractivity contribution in [3.05, 3.63) is 48.3 Å². The number of hydrogen-bond acceptors (Lipinski definition) is 4. The van der Waals surface area contributed by atoms with Crippen molar-refractivity contribution in [3.63, 3.8) is 0 Å². The number of aryl methyl sites for hydroxylation is 1. The summed E-state index contributed by atoms with van der Waals surface area (Å²) in [6.07, 6.45) is -0.795. The first-order chi connectivity index (χ1) is 11.8. The van der Waals surface area contributed by atoms with Gasteiger partial charge in [0, 0.05) is 12.6 Å². The van der Waals surface area contributed by atoms with Crippen LogP contribution in [0.25, 0.3) is 5.69 Å². The van der Waals surface area contributed by atoms with Crippen LogP contribution in [0.4, 0.5) is 13.2 Å². The Morgan fingerprint density at radius 3 is 2.60 bits per heavy atom. The molecule has 0 aliphatic heterocycles. The van der Waals surface area contributed by atoms with Crippen molar-refractivity contribution in [2.24, 2.45) is 0 Å². The average molecular weight is 355 g/mol. The second kappa shape index (κ2) is 8.32. The lowest BCUT2D eigenvalue weighted by molar-refractivity contribution is -0.151. The number of rotatable bonds is 7. The highest BCUT2D eigenvalue weighted by molar-refractivity contribution is 5.80. The second-order valence-corrected chi connectivity index (χ2v) is 5.18. The maximum Gasteiger partial charge on any atom is 0.405 e. The molecule has 1 heterocycles. The molecular weight excluding hydrogens is 339 g/mol. The first-order valence-corrected chi connectivity index (χ1v) is 7.41. The molecule has 1 aromatic carbocycles. The zero-order valence-electron chi connectivity index (χ0n) is 13.1. The molecule has 0 fully saturated rings. The van der Waals surface area contributed by atoms with Crippen LogP contribution < -0.4 is 5.32 Å². The van der Waals surface area contributed by atoms with Crippen LogP contribution in [-0.4, -0.2) is 41.0 Å². The van der Waals surface area contributed by atoms with Gasteiger partial charge in [-0.2, -0.15) is 18.3 Å². The molecule has 0 aliphatic rings. The smallest absolute Gasteiger partial charge is 0.405 e. The van der Waals surface area contributed by atoms with Crippen LogP contribution in [0.1, 0.15) is 12.0 Å². The number of halogens is 3. The Bertz CT molecular complexity index is 714. The van der Waals surface area contributed by atoms with Crippen LogP contribution in [0.3, 0.4) is 0 Å². The van der Waals surface area contributed by atoms with Gasteiger partial charge in [-0.1, -0.05) is 18.2 Å². The lowest BCUT2D eigenvalue weighted by Gasteiger charge is -2.08. The maximum absolute atomic E-state index is 11.9. The van der Waals surface area contributed by atoms with Gasteiger partial charge < -0.3 is 10.1 Å². The Balaban J connectivity index is 1.72. The van der Waals surface area contributed by atoms with Gasteiger partial charge in [0.15, 0.2) is 6.61 Å². The molecule has 6 nitrogen and oxygen atoms in total. The zero-order valence-corrected chi connectivity index (χ0v) is 13.1. The summed E-state index contributed by atoms with van der Waals surface area (Å²) in [5, 5.41) is 5.80. The minimum atomic E-state index is -4.50. The van der Waals surface area contributed by atoms with Crippen molar-refractivity contribution in [2.45, 2.75) is 19.0 Å². The predicted molar refractivity (Wildman–Crippen MR) is 81.9 cm³/mol. The number of esters is 1. The lowest BCUT2D eigenvalue weighted by Crippen LogP contribution is -2.36. The van der Waals surface area contributed by atoms with Crippen LogP contribution in [0.15, 0.2) is 42.7 Å². The number of carbonyl (C=O) groups excluding carboxylic acids is 2. The van der Waals surface area contributed by atoms with Gasteiger partial charge in [0.2, 0.25) is 0 Å². The van der Waals surface area contributed by atoms with Crippen LogP contribution in [0, 0.1) is 0 Å². The van der Waals surface area contributed by atoms with Crippen LogP contribution in [0.5, 0.6) is 0 Å². The number of amides is 1. The van der Waals surface area contributed by atoms with Gasteiger partial charge in [-0.25, -0.2) is 4.68 Å². The molecule has 0 aliphatic carbocycles.